The third-order valence-corrected chi connectivity index (χ3v) is 4.78. The smallest absolute Gasteiger partial charge is 0.349 e. The fourth-order valence-electron chi connectivity index (χ4n) is 2.49. The molecular formula is C17H14ClNO3S. The number of rotatable bonds is 4. The van der Waals surface area contributed by atoms with E-state index in [1.54, 1.807) is 19.1 Å². The Morgan fingerprint density at radius 2 is 1.96 bits per heavy atom. The molecule has 0 aliphatic rings. The van der Waals surface area contributed by atoms with Crippen LogP contribution in [0.3, 0.4) is 0 Å². The van der Waals surface area contributed by atoms with Crippen LogP contribution in [-0.4, -0.2) is 22.8 Å². The van der Waals surface area contributed by atoms with Crippen LogP contribution in [0.15, 0.2) is 36.4 Å². The third kappa shape index (κ3) is 3.02. The van der Waals surface area contributed by atoms with Crippen LogP contribution in [0.2, 0.25) is 4.34 Å². The molecule has 0 saturated heterocycles. The second kappa shape index (κ2) is 6.18. The van der Waals surface area contributed by atoms with Gasteiger partial charge in [0.15, 0.2) is 6.10 Å². The van der Waals surface area contributed by atoms with Crippen LogP contribution in [0.4, 0.5) is 0 Å². The largest absolute Gasteiger partial charge is 0.450 e. The highest BCUT2D eigenvalue weighted by atomic mass is 35.5. The molecule has 0 unspecified atom stereocenters. The summed E-state index contributed by atoms with van der Waals surface area (Å²) >= 11 is 6.94. The van der Waals surface area contributed by atoms with Crippen LogP contribution in [0.25, 0.3) is 10.9 Å². The van der Waals surface area contributed by atoms with Crippen LogP contribution in [0.1, 0.15) is 32.6 Å². The number of para-hydroxylation sites is 1. The molecule has 118 valence electrons. The van der Waals surface area contributed by atoms with Crippen molar-refractivity contribution in [3.8, 4) is 0 Å². The maximum Gasteiger partial charge on any atom is 0.349 e. The Bertz CT molecular complexity index is 896. The minimum atomic E-state index is -0.874. The Balaban J connectivity index is 1.84. The summed E-state index contributed by atoms with van der Waals surface area (Å²) in [5, 5.41) is 0.831. The third-order valence-electron chi connectivity index (χ3n) is 3.57. The van der Waals surface area contributed by atoms with E-state index in [1.807, 2.05) is 31.2 Å². The highest BCUT2D eigenvalue weighted by Crippen LogP contribution is 2.25. The number of Topliss-reactive ketones (excluding diaryl/α,β-unsaturated/α-hetero) is 1. The lowest BCUT2D eigenvalue weighted by molar-refractivity contribution is 0.0324. The van der Waals surface area contributed by atoms with Gasteiger partial charge in [-0.15, -0.1) is 11.3 Å². The number of carbonyl (C=O) groups excluding carboxylic acids is 2. The van der Waals surface area contributed by atoms with Gasteiger partial charge in [-0.3, -0.25) is 4.79 Å². The zero-order valence-electron chi connectivity index (χ0n) is 12.6. The molecule has 0 amide bonds. The zero-order valence-corrected chi connectivity index (χ0v) is 14.1. The van der Waals surface area contributed by atoms with Gasteiger partial charge in [-0.05, 0) is 32.0 Å². The first-order chi connectivity index (χ1) is 11.0. The molecule has 0 spiro atoms. The molecule has 4 nitrogen and oxygen atoms in total. The van der Waals surface area contributed by atoms with Crippen LogP contribution >= 0.6 is 22.9 Å². The monoisotopic (exact) mass is 347 g/mol. The number of carbonyl (C=O) groups is 2. The van der Waals surface area contributed by atoms with Gasteiger partial charge in [0.25, 0.3) is 0 Å². The second-order valence-electron chi connectivity index (χ2n) is 5.19. The van der Waals surface area contributed by atoms with E-state index in [0.717, 1.165) is 27.9 Å². The van der Waals surface area contributed by atoms with Crippen LogP contribution in [0.5, 0.6) is 0 Å². The molecule has 2 heterocycles. The van der Waals surface area contributed by atoms with E-state index in [2.05, 4.69) is 4.98 Å². The number of ether oxygens (including phenoxy) is 1. The van der Waals surface area contributed by atoms with Gasteiger partial charge in [-0.2, -0.15) is 0 Å². The molecule has 0 fully saturated rings. The summed E-state index contributed by atoms with van der Waals surface area (Å²) in [4.78, 5) is 28.3. The van der Waals surface area contributed by atoms with Crippen molar-refractivity contribution in [3.63, 3.8) is 0 Å². The molecule has 1 atom stereocenters. The number of H-pyrrole nitrogens is 1. The maximum absolute atomic E-state index is 12.7. The molecular weight excluding hydrogens is 334 g/mol. The average molecular weight is 348 g/mol. The SMILES string of the molecule is Cc1[nH]c2ccccc2c1C(=O)[C@@H](C)OC(=O)c1ccc(Cl)s1. The minimum Gasteiger partial charge on any atom is -0.450 e. The van der Waals surface area contributed by atoms with Crippen LogP contribution < -0.4 is 0 Å². The molecule has 3 rings (SSSR count). The summed E-state index contributed by atoms with van der Waals surface area (Å²) in [5.74, 6) is -0.767. The number of halogens is 1. The van der Waals surface area contributed by atoms with E-state index in [0.29, 0.717) is 14.8 Å². The molecule has 3 aromatic rings. The second-order valence-corrected chi connectivity index (χ2v) is 6.90. The number of aromatic nitrogens is 1. The van der Waals surface area contributed by atoms with Crippen molar-refractivity contribution >= 4 is 45.6 Å². The molecule has 2 aromatic heterocycles. The Morgan fingerprint density at radius 1 is 1.22 bits per heavy atom. The number of aromatic amines is 1. The molecule has 0 bridgehead atoms. The molecule has 0 radical (unpaired) electrons. The van der Waals surface area contributed by atoms with Gasteiger partial charge in [-0.25, -0.2) is 4.79 Å². The standard InChI is InChI=1S/C17H14ClNO3S/c1-9-15(11-5-3-4-6-12(11)19-9)16(20)10(2)22-17(21)13-7-8-14(18)23-13/h3-8,10,19H,1-2H3/t10-/m1/s1. The van der Waals surface area contributed by atoms with E-state index >= 15 is 0 Å². The normalized spacial score (nSPS) is 12.3. The fourth-order valence-corrected chi connectivity index (χ4v) is 3.42. The first-order valence-corrected chi connectivity index (χ1v) is 8.24. The maximum atomic E-state index is 12.7. The van der Waals surface area contributed by atoms with Crippen molar-refractivity contribution in [2.45, 2.75) is 20.0 Å². The van der Waals surface area contributed by atoms with Gasteiger partial charge >= 0.3 is 5.97 Å². The molecule has 1 N–H and O–H groups in total. The van der Waals surface area contributed by atoms with Gasteiger partial charge in [-0.1, -0.05) is 29.8 Å². The highest BCUT2D eigenvalue weighted by Gasteiger charge is 2.25. The van der Waals surface area contributed by atoms with E-state index < -0.39 is 12.1 Å². The Kier molecular flexibility index (Phi) is 4.24. The summed E-state index contributed by atoms with van der Waals surface area (Å²) in [5.41, 5.74) is 2.21. The van der Waals surface area contributed by atoms with Crippen molar-refractivity contribution in [3.05, 3.63) is 56.9 Å². The number of fused-ring (bicyclic) bond motifs is 1. The van der Waals surface area contributed by atoms with Crippen LogP contribution in [0, 0.1) is 6.92 Å². The number of thiophene rings is 1. The lowest BCUT2D eigenvalue weighted by Crippen LogP contribution is -2.24. The number of esters is 1. The van der Waals surface area contributed by atoms with Crippen molar-refractivity contribution < 1.29 is 14.3 Å². The Hall–Kier alpha value is -2.11. The van der Waals surface area contributed by atoms with Gasteiger partial charge in [0.05, 0.1) is 4.34 Å². The lowest BCUT2D eigenvalue weighted by Gasteiger charge is -2.11. The molecule has 1 aromatic carbocycles. The minimum absolute atomic E-state index is 0.226. The summed E-state index contributed by atoms with van der Waals surface area (Å²) in [6.45, 7) is 3.41. The number of hydrogen-bond donors (Lipinski definition) is 1. The van der Waals surface area contributed by atoms with Gasteiger partial charge < -0.3 is 9.72 Å². The zero-order chi connectivity index (χ0) is 16.6. The Labute approximate surface area is 142 Å². The number of aryl methyl sites for hydroxylation is 1. The van der Waals surface area contributed by atoms with Crippen molar-refractivity contribution in [2.75, 3.05) is 0 Å². The van der Waals surface area contributed by atoms with E-state index in [4.69, 9.17) is 16.3 Å². The first-order valence-electron chi connectivity index (χ1n) is 7.05. The molecule has 0 saturated carbocycles. The quantitative estimate of drug-likeness (QED) is 0.553. The lowest BCUT2D eigenvalue weighted by atomic mass is 10.0. The van der Waals surface area contributed by atoms with E-state index in [1.165, 1.54) is 0 Å². The number of nitrogens with one attached hydrogen (secondary N) is 1. The molecule has 6 heteroatoms. The van der Waals surface area contributed by atoms with E-state index in [9.17, 15) is 9.59 Å². The number of benzene rings is 1. The van der Waals surface area contributed by atoms with Crippen molar-refractivity contribution in [1.82, 2.24) is 4.98 Å². The molecule has 23 heavy (non-hydrogen) atoms. The molecule has 0 aliphatic heterocycles. The number of ketones is 1. The predicted octanol–water partition coefficient (Wildman–Crippen LogP) is 4.62. The van der Waals surface area contributed by atoms with Crippen molar-refractivity contribution in [1.29, 1.82) is 0 Å². The topological polar surface area (TPSA) is 59.2 Å². The summed E-state index contributed by atoms with van der Waals surface area (Å²) in [6.07, 6.45) is -0.874. The van der Waals surface area contributed by atoms with Crippen LogP contribution in [-0.2, 0) is 4.74 Å². The fraction of sp³-hybridized carbons (Fsp3) is 0.176. The van der Waals surface area contributed by atoms with Gasteiger partial charge in [0.1, 0.15) is 4.88 Å². The highest BCUT2D eigenvalue weighted by molar-refractivity contribution is 7.17. The molecule has 0 aliphatic carbocycles. The van der Waals surface area contributed by atoms with E-state index in [-0.39, 0.29) is 5.78 Å². The summed E-state index contributed by atoms with van der Waals surface area (Å²) in [6, 6.07) is 10.8. The summed E-state index contributed by atoms with van der Waals surface area (Å²) < 4.78 is 5.79. The average Bonchev–Trinajstić information content (AvgIpc) is 3.09. The van der Waals surface area contributed by atoms with Crippen molar-refractivity contribution in [2.24, 2.45) is 0 Å². The van der Waals surface area contributed by atoms with Gasteiger partial charge in [0.2, 0.25) is 5.78 Å². The first kappa shape index (κ1) is 15.8. The predicted molar refractivity (Wildman–Crippen MR) is 91.6 cm³/mol. The summed E-state index contributed by atoms with van der Waals surface area (Å²) in [7, 11) is 0. The number of hydrogen-bond acceptors (Lipinski definition) is 4. The van der Waals surface area contributed by atoms with Gasteiger partial charge in [0, 0.05) is 22.2 Å². The Morgan fingerprint density at radius 3 is 2.65 bits per heavy atom.